The van der Waals surface area contributed by atoms with Crippen molar-refractivity contribution in [2.45, 2.75) is 45.6 Å². The van der Waals surface area contributed by atoms with Crippen LogP contribution in [0, 0.1) is 25.7 Å². The third-order valence-corrected chi connectivity index (χ3v) is 4.12. The summed E-state index contributed by atoms with van der Waals surface area (Å²) >= 11 is 0. The Kier molecular flexibility index (Phi) is 2.53. The predicted molar refractivity (Wildman–Crippen MR) is 70.4 cm³/mol. The van der Waals surface area contributed by atoms with E-state index in [4.69, 9.17) is 0 Å². The lowest BCUT2D eigenvalue weighted by atomic mass is 10.0. The van der Waals surface area contributed by atoms with Gasteiger partial charge in [-0.2, -0.15) is 0 Å². The zero-order valence-corrected chi connectivity index (χ0v) is 10.7. The summed E-state index contributed by atoms with van der Waals surface area (Å²) in [5.41, 5.74) is 3.33. The summed E-state index contributed by atoms with van der Waals surface area (Å²) in [6.07, 6.45) is 5.57. The fourth-order valence-electron chi connectivity index (χ4n) is 2.67. The molecule has 2 fully saturated rings. The van der Waals surface area contributed by atoms with Gasteiger partial charge in [-0.3, -0.25) is 0 Å². The van der Waals surface area contributed by atoms with Crippen LogP contribution in [0.25, 0.3) is 0 Å². The van der Waals surface area contributed by atoms with Crippen molar-refractivity contribution < 1.29 is 5.11 Å². The Morgan fingerprint density at radius 1 is 1.06 bits per heavy atom. The van der Waals surface area contributed by atoms with Gasteiger partial charge in [0.05, 0.1) is 0 Å². The smallest absolute Gasteiger partial charge is 0.118 e. The van der Waals surface area contributed by atoms with Gasteiger partial charge in [-0.25, -0.2) is 0 Å². The summed E-state index contributed by atoms with van der Waals surface area (Å²) in [6.45, 7) is 4.03. The minimum Gasteiger partial charge on any atom is -0.508 e. The Morgan fingerprint density at radius 3 is 2.18 bits per heavy atom. The number of rotatable bonds is 4. The Balaban J connectivity index is 1.81. The molecule has 3 rings (SSSR count). The van der Waals surface area contributed by atoms with Crippen LogP contribution in [0.15, 0.2) is 12.1 Å². The third-order valence-electron chi connectivity index (χ3n) is 4.12. The van der Waals surface area contributed by atoms with Crippen LogP contribution in [-0.4, -0.2) is 11.1 Å². The van der Waals surface area contributed by atoms with Crippen molar-refractivity contribution >= 4 is 5.69 Å². The number of nitrogens with one attached hydrogen (secondary N) is 1. The lowest BCUT2D eigenvalue weighted by Crippen LogP contribution is -2.24. The van der Waals surface area contributed by atoms with E-state index in [1.54, 1.807) is 0 Å². The standard InChI is InChI=1S/C15H21NO/c1-9-8-14(17)10(2)7-13(9)16-15(11-3-4-11)12-5-6-12/h7-8,11-12,15-17H,3-6H2,1-2H3. The molecule has 0 radical (unpaired) electrons. The maximum atomic E-state index is 9.67. The maximum Gasteiger partial charge on any atom is 0.118 e. The molecule has 0 spiro atoms. The molecule has 0 aliphatic heterocycles. The minimum absolute atomic E-state index is 0.405. The first-order chi connectivity index (χ1) is 8.15. The molecule has 92 valence electrons. The summed E-state index contributed by atoms with van der Waals surface area (Å²) in [6, 6.07) is 4.63. The molecule has 17 heavy (non-hydrogen) atoms. The Hall–Kier alpha value is -1.18. The van der Waals surface area contributed by atoms with Crippen molar-refractivity contribution in [1.29, 1.82) is 0 Å². The van der Waals surface area contributed by atoms with Gasteiger partial charge in [0.25, 0.3) is 0 Å². The molecule has 1 aromatic carbocycles. The molecule has 0 aromatic heterocycles. The molecule has 2 aliphatic carbocycles. The lowest BCUT2D eigenvalue weighted by Gasteiger charge is -2.21. The normalized spacial score (nSPS) is 19.7. The van der Waals surface area contributed by atoms with Crippen LogP contribution in [0.5, 0.6) is 5.75 Å². The number of anilines is 1. The van der Waals surface area contributed by atoms with Crippen molar-refractivity contribution in [3.63, 3.8) is 0 Å². The zero-order valence-electron chi connectivity index (χ0n) is 10.7. The Morgan fingerprint density at radius 2 is 1.65 bits per heavy atom. The van der Waals surface area contributed by atoms with Crippen LogP contribution < -0.4 is 5.32 Å². The van der Waals surface area contributed by atoms with E-state index >= 15 is 0 Å². The van der Waals surface area contributed by atoms with Crippen molar-refractivity contribution in [2.24, 2.45) is 11.8 Å². The van der Waals surface area contributed by atoms with Gasteiger partial charge in [0.1, 0.15) is 5.75 Å². The molecule has 0 atom stereocenters. The number of hydrogen-bond acceptors (Lipinski definition) is 2. The van der Waals surface area contributed by atoms with E-state index in [-0.39, 0.29) is 0 Å². The minimum atomic E-state index is 0.405. The van der Waals surface area contributed by atoms with E-state index < -0.39 is 0 Å². The molecule has 2 heteroatoms. The second-order valence-electron chi connectivity index (χ2n) is 5.80. The van der Waals surface area contributed by atoms with Crippen molar-refractivity contribution in [1.82, 2.24) is 0 Å². The highest BCUT2D eigenvalue weighted by atomic mass is 16.3. The number of phenolic OH excluding ortho intramolecular Hbond substituents is 1. The van der Waals surface area contributed by atoms with Crippen molar-refractivity contribution in [2.75, 3.05) is 5.32 Å². The van der Waals surface area contributed by atoms with Crippen LogP contribution in [0.4, 0.5) is 5.69 Å². The number of phenols is 1. The van der Waals surface area contributed by atoms with Gasteiger partial charge in [0.2, 0.25) is 0 Å². The van der Waals surface area contributed by atoms with Crippen LogP contribution in [0.2, 0.25) is 0 Å². The van der Waals surface area contributed by atoms with E-state index in [0.717, 1.165) is 23.0 Å². The first kappa shape index (κ1) is 10.9. The van der Waals surface area contributed by atoms with Crippen LogP contribution in [-0.2, 0) is 0 Å². The summed E-state index contributed by atoms with van der Waals surface area (Å²) in [4.78, 5) is 0. The van der Waals surface area contributed by atoms with E-state index in [0.29, 0.717) is 11.8 Å². The molecule has 2 N–H and O–H groups in total. The SMILES string of the molecule is Cc1cc(NC(C2CC2)C2CC2)c(C)cc1O. The molecule has 1 aromatic rings. The molecule has 0 unspecified atom stereocenters. The highest BCUT2D eigenvalue weighted by Gasteiger charge is 2.41. The summed E-state index contributed by atoms with van der Waals surface area (Å²) in [5, 5.41) is 13.4. The van der Waals surface area contributed by atoms with E-state index in [2.05, 4.69) is 18.3 Å². The summed E-state index contributed by atoms with van der Waals surface area (Å²) in [5.74, 6) is 2.20. The predicted octanol–water partition coefficient (Wildman–Crippen LogP) is 3.61. The largest absolute Gasteiger partial charge is 0.508 e. The van der Waals surface area contributed by atoms with Gasteiger partial charge in [-0.15, -0.1) is 0 Å². The molecule has 2 saturated carbocycles. The average Bonchev–Trinajstić information content (AvgIpc) is 3.15. The lowest BCUT2D eigenvalue weighted by molar-refractivity contribution is 0.470. The number of hydrogen-bond donors (Lipinski definition) is 2. The van der Waals surface area contributed by atoms with Gasteiger partial charge in [0.15, 0.2) is 0 Å². The van der Waals surface area contributed by atoms with Gasteiger partial charge >= 0.3 is 0 Å². The monoisotopic (exact) mass is 231 g/mol. The molecule has 2 aliphatic rings. The highest BCUT2D eigenvalue weighted by molar-refractivity contribution is 5.57. The van der Waals surface area contributed by atoms with Gasteiger partial charge < -0.3 is 10.4 Å². The second-order valence-corrected chi connectivity index (χ2v) is 5.80. The first-order valence-electron chi connectivity index (χ1n) is 6.72. The van der Waals surface area contributed by atoms with E-state index in [1.165, 1.54) is 31.4 Å². The van der Waals surface area contributed by atoms with Gasteiger partial charge in [-0.05, 0) is 74.6 Å². The van der Waals surface area contributed by atoms with Gasteiger partial charge in [0, 0.05) is 11.7 Å². The topological polar surface area (TPSA) is 32.3 Å². The van der Waals surface area contributed by atoms with Crippen molar-refractivity contribution in [3.05, 3.63) is 23.3 Å². The molecule has 0 amide bonds. The van der Waals surface area contributed by atoms with Crippen LogP contribution in [0.3, 0.4) is 0 Å². The zero-order chi connectivity index (χ0) is 12.0. The molecule has 2 nitrogen and oxygen atoms in total. The van der Waals surface area contributed by atoms with Crippen molar-refractivity contribution in [3.8, 4) is 5.75 Å². The van der Waals surface area contributed by atoms with Crippen LogP contribution in [0.1, 0.15) is 36.8 Å². The molecule has 0 heterocycles. The highest BCUT2D eigenvalue weighted by Crippen LogP contribution is 2.46. The molecular weight excluding hydrogens is 210 g/mol. The first-order valence-corrected chi connectivity index (χ1v) is 6.72. The maximum absolute atomic E-state index is 9.67. The number of aromatic hydroxyl groups is 1. The molecule has 0 saturated heterocycles. The number of benzene rings is 1. The van der Waals surface area contributed by atoms with E-state index in [9.17, 15) is 5.11 Å². The second kappa shape index (κ2) is 3.94. The molecule has 0 bridgehead atoms. The Labute approximate surface area is 103 Å². The number of aryl methyl sites for hydroxylation is 2. The van der Waals surface area contributed by atoms with E-state index in [1.807, 2.05) is 13.0 Å². The van der Waals surface area contributed by atoms with Gasteiger partial charge in [-0.1, -0.05) is 0 Å². The fourth-order valence-corrected chi connectivity index (χ4v) is 2.67. The Bertz CT molecular complexity index is 421. The summed E-state index contributed by atoms with van der Waals surface area (Å²) in [7, 11) is 0. The average molecular weight is 231 g/mol. The summed E-state index contributed by atoms with van der Waals surface area (Å²) < 4.78 is 0. The third kappa shape index (κ3) is 2.26. The quantitative estimate of drug-likeness (QED) is 0.776. The van der Waals surface area contributed by atoms with Crippen LogP contribution >= 0.6 is 0 Å². The fraction of sp³-hybridized carbons (Fsp3) is 0.600. The molecular formula is C15H21NO.